The lowest BCUT2D eigenvalue weighted by Gasteiger charge is -2.21. The molecule has 2 aromatic rings. The van der Waals surface area contributed by atoms with Gasteiger partial charge in [0.25, 0.3) is 0 Å². The molecule has 3 fully saturated rings. The lowest BCUT2D eigenvalue weighted by molar-refractivity contribution is -0.114. The standard InChI is InChI=1S/C20H27N4O7P/c1-4-12-8-21-17-16(15(12)22-11(3)25)23-18(26)24(17)14-7-20(14)19(5-6-19)10(2)13(31-20)9-30-32(27,28)29/h8,10,13-14H,4-7,9H2,1-3H3,(H,23,26)(H,21,22,25)(H2,27,28,29)/t10-,13-,14?,20?/m1/s1. The van der Waals surface area contributed by atoms with Gasteiger partial charge in [-0.3, -0.25) is 13.9 Å². The summed E-state index contributed by atoms with van der Waals surface area (Å²) in [5, 5.41) is 2.82. The van der Waals surface area contributed by atoms with Crippen LogP contribution in [0, 0.1) is 11.3 Å². The zero-order valence-electron chi connectivity index (χ0n) is 18.1. The quantitative estimate of drug-likeness (QED) is 0.470. The Labute approximate surface area is 183 Å². The van der Waals surface area contributed by atoms with Crippen molar-refractivity contribution in [1.82, 2.24) is 14.5 Å². The molecule has 1 saturated heterocycles. The van der Waals surface area contributed by atoms with E-state index in [4.69, 9.17) is 19.0 Å². The van der Waals surface area contributed by atoms with Crippen molar-refractivity contribution in [3.8, 4) is 0 Å². The molecule has 12 heteroatoms. The third kappa shape index (κ3) is 3.10. The Hall–Kier alpha value is -2.04. The molecule has 11 nitrogen and oxygen atoms in total. The third-order valence-corrected chi connectivity index (χ3v) is 8.00. The SMILES string of the molecule is CCc1cnc2c([nH]c(=O)n2C2CC23O[C@H](COP(=O)(O)O)[C@@H](C)C32CC2)c1NC(C)=O. The van der Waals surface area contributed by atoms with E-state index in [1.54, 1.807) is 10.8 Å². The van der Waals surface area contributed by atoms with E-state index in [1.165, 1.54) is 6.92 Å². The van der Waals surface area contributed by atoms with Crippen molar-refractivity contribution >= 4 is 30.6 Å². The summed E-state index contributed by atoms with van der Waals surface area (Å²) in [6.07, 6.45) is 4.32. The number of phosphoric acid groups is 1. The van der Waals surface area contributed by atoms with Crippen LogP contribution < -0.4 is 11.0 Å². The number of phosphoric ester groups is 1. The number of imidazole rings is 1. The Bertz CT molecular complexity index is 1210. The van der Waals surface area contributed by atoms with Crippen LogP contribution in [0.25, 0.3) is 11.2 Å². The Morgan fingerprint density at radius 1 is 1.47 bits per heavy atom. The van der Waals surface area contributed by atoms with E-state index < -0.39 is 19.5 Å². The summed E-state index contributed by atoms with van der Waals surface area (Å²) in [5.74, 6) is -0.198. The molecule has 4 atom stereocenters. The molecule has 5 rings (SSSR count). The highest BCUT2D eigenvalue weighted by atomic mass is 31.2. The average molecular weight is 466 g/mol. The molecule has 3 aliphatic rings. The summed E-state index contributed by atoms with van der Waals surface area (Å²) in [6, 6.07) is -0.251. The Balaban J connectivity index is 1.52. The fraction of sp³-hybridized carbons (Fsp3) is 0.650. The number of nitrogens with zero attached hydrogens (tertiary/aromatic N) is 2. The van der Waals surface area contributed by atoms with Gasteiger partial charge in [-0.15, -0.1) is 0 Å². The summed E-state index contributed by atoms with van der Waals surface area (Å²) in [4.78, 5) is 50.3. The summed E-state index contributed by atoms with van der Waals surface area (Å²) >= 11 is 0. The lowest BCUT2D eigenvalue weighted by atomic mass is 9.83. The monoisotopic (exact) mass is 466 g/mol. The summed E-state index contributed by atoms with van der Waals surface area (Å²) in [7, 11) is -4.60. The third-order valence-electron chi connectivity index (χ3n) is 7.51. The number of carbonyl (C=O) groups excluding carboxylic acids is 1. The van der Waals surface area contributed by atoms with Crippen LogP contribution in [0.3, 0.4) is 0 Å². The van der Waals surface area contributed by atoms with Gasteiger partial charge >= 0.3 is 13.5 Å². The van der Waals surface area contributed by atoms with Crippen molar-refractivity contribution < 1.29 is 28.4 Å². The highest BCUT2D eigenvalue weighted by Gasteiger charge is 2.80. The Morgan fingerprint density at radius 2 is 2.19 bits per heavy atom. The first-order chi connectivity index (χ1) is 15.0. The number of anilines is 1. The number of hydrogen-bond donors (Lipinski definition) is 4. The largest absolute Gasteiger partial charge is 0.469 e. The van der Waals surface area contributed by atoms with Crippen molar-refractivity contribution in [2.45, 2.75) is 64.2 Å². The van der Waals surface area contributed by atoms with Gasteiger partial charge in [0.15, 0.2) is 5.65 Å². The van der Waals surface area contributed by atoms with Crippen LogP contribution in [0.1, 0.15) is 51.6 Å². The van der Waals surface area contributed by atoms with Crippen molar-refractivity contribution in [3.63, 3.8) is 0 Å². The minimum absolute atomic E-state index is 0.0366. The molecule has 1 aliphatic heterocycles. The maximum absolute atomic E-state index is 13.0. The summed E-state index contributed by atoms with van der Waals surface area (Å²) in [5.41, 5.74) is 1.27. The van der Waals surface area contributed by atoms with E-state index in [1.807, 2.05) is 13.8 Å². The lowest BCUT2D eigenvalue weighted by Crippen LogP contribution is -2.29. The number of ether oxygens (including phenoxy) is 1. The van der Waals surface area contributed by atoms with Crippen LogP contribution >= 0.6 is 7.82 Å². The van der Waals surface area contributed by atoms with Crippen LogP contribution in [0.2, 0.25) is 0 Å². The van der Waals surface area contributed by atoms with Gasteiger partial charge in [-0.1, -0.05) is 13.8 Å². The second kappa shape index (κ2) is 6.98. The number of rotatable bonds is 6. The van der Waals surface area contributed by atoms with E-state index in [-0.39, 0.29) is 35.6 Å². The number of aryl methyl sites for hydroxylation is 1. The fourth-order valence-electron chi connectivity index (χ4n) is 5.76. The van der Waals surface area contributed by atoms with Crippen molar-refractivity contribution in [2.75, 3.05) is 11.9 Å². The fourth-order valence-corrected chi connectivity index (χ4v) is 6.10. The minimum atomic E-state index is -4.60. The van der Waals surface area contributed by atoms with Gasteiger partial charge in [0.1, 0.15) is 5.52 Å². The van der Waals surface area contributed by atoms with E-state index in [0.29, 0.717) is 29.7 Å². The molecule has 0 aromatic carbocycles. The summed E-state index contributed by atoms with van der Waals surface area (Å²) in [6.45, 7) is 5.18. The molecule has 2 aromatic heterocycles. The normalized spacial score (nSPS) is 30.3. The molecule has 4 N–H and O–H groups in total. The van der Waals surface area contributed by atoms with E-state index in [9.17, 15) is 14.2 Å². The second-order valence-corrected chi connectivity index (χ2v) is 10.4. The molecule has 174 valence electrons. The highest BCUT2D eigenvalue weighted by Crippen LogP contribution is 2.78. The molecule has 2 spiro atoms. The molecule has 0 bridgehead atoms. The molecule has 2 aliphatic carbocycles. The predicted octanol–water partition coefficient (Wildman–Crippen LogP) is 1.85. The number of carbonyl (C=O) groups is 1. The van der Waals surface area contributed by atoms with Gasteiger partial charge in [-0.25, -0.2) is 14.3 Å². The topological polar surface area (TPSA) is 156 Å². The molecule has 3 heterocycles. The van der Waals surface area contributed by atoms with Gasteiger partial charge in [0.05, 0.1) is 30.0 Å². The number of H-pyrrole nitrogens is 1. The van der Waals surface area contributed by atoms with E-state index in [2.05, 4.69) is 15.3 Å². The van der Waals surface area contributed by atoms with Crippen molar-refractivity contribution in [2.24, 2.45) is 11.3 Å². The van der Waals surface area contributed by atoms with E-state index >= 15 is 0 Å². The number of aromatic nitrogens is 3. The van der Waals surface area contributed by atoms with Crippen LogP contribution in [-0.2, 0) is 25.0 Å². The molecule has 2 unspecified atom stereocenters. The van der Waals surface area contributed by atoms with Crippen LogP contribution in [-0.4, -0.2) is 48.5 Å². The van der Waals surface area contributed by atoms with Crippen LogP contribution in [0.5, 0.6) is 0 Å². The number of pyridine rings is 1. The maximum Gasteiger partial charge on any atom is 0.469 e. The van der Waals surface area contributed by atoms with E-state index in [0.717, 1.165) is 18.4 Å². The van der Waals surface area contributed by atoms with Gasteiger partial charge in [-0.05, 0) is 30.7 Å². The minimum Gasteiger partial charge on any atom is -0.366 e. The zero-order valence-corrected chi connectivity index (χ0v) is 19.0. The summed E-state index contributed by atoms with van der Waals surface area (Å²) < 4.78 is 23.9. The first kappa shape index (κ1) is 21.8. The van der Waals surface area contributed by atoms with Gasteiger partial charge in [-0.2, -0.15) is 0 Å². The highest BCUT2D eigenvalue weighted by molar-refractivity contribution is 7.46. The molecule has 2 saturated carbocycles. The molecule has 0 radical (unpaired) electrons. The van der Waals surface area contributed by atoms with Crippen LogP contribution in [0.4, 0.5) is 5.69 Å². The predicted molar refractivity (Wildman–Crippen MR) is 114 cm³/mol. The number of hydrogen-bond acceptors (Lipinski definition) is 6. The molecule has 1 amide bonds. The first-order valence-corrected chi connectivity index (χ1v) is 12.3. The smallest absolute Gasteiger partial charge is 0.366 e. The van der Waals surface area contributed by atoms with Gasteiger partial charge in [0, 0.05) is 25.0 Å². The Kier molecular flexibility index (Phi) is 4.75. The number of fused-ring (bicyclic) bond motifs is 2. The molecular weight excluding hydrogens is 439 g/mol. The zero-order chi connectivity index (χ0) is 23.1. The number of amides is 1. The first-order valence-electron chi connectivity index (χ1n) is 10.8. The van der Waals surface area contributed by atoms with Gasteiger partial charge < -0.3 is 24.8 Å². The number of aromatic amines is 1. The molecule has 32 heavy (non-hydrogen) atoms. The Morgan fingerprint density at radius 3 is 2.78 bits per heavy atom. The van der Waals surface area contributed by atoms with Crippen molar-refractivity contribution in [3.05, 3.63) is 22.2 Å². The maximum atomic E-state index is 13.0. The number of nitrogens with one attached hydrogen (secondary N) is 2. The second-order valence-electron chi connectivity index (χ2n) is 9.19. The average Bonchev–Trinajstić information content (AvgIpc) is 3.59. The van der Waals surface area contributed by atoms with Crippen molar-refractivity contribution in [1.29, 1.82) is 0 Å². The van der Waals surface area contributed by atoms with Gasteiger partial charge in [0.2, 0.25) is 5.91 Å². The molecular formula is C20H27N4O7P. The van der Waals surface area contributed by atoms with Crippen LogP contribution in [0.15, 0.2) is 11.0 Å².